The molecule has 1 aliphatic carbocycles. The molecular weight excluding hydrogens is 349 g/mol. The fourth-order valence-electron chi connectivity index (χ4n) is 4.06. The lowest BCUT2D eigenvalue weighted by atomic mass is 10.1. The number of likely N-dealkylation sites (tertiary alicyclic amines) is 1. The first-order valence-electron chi connectivity index (χ1n) is 9.29. The van der Waals surface area contributed by atoms with Crippen molar-refractivity contribution in [1.29, 1.82) is 0 Å². The first-order chi connectivity index (χ1) is 12.1. The van der Waals surface area contributed by atoms with Crippen LogP contribution in [0, 0.1) is 0 Å². The zero-order valence-electron chi connectivity index (χ0n) is 15.0. The standard InChI is InChI=1S/C19H26N3OPS/c1-15(2)23-24(25)19-17(20-22(24)16-9-4-3-5-10-16)11-8-12-18(19)21-13-6-7-14-21/h3-5,9-11,15,20H,6-8,12-14H2,1-2H3/p+1/t24-/m1/s1. The van der Waals surface area contributed by atoms with E-state index in [1.807, 2.05) is 6.07 Å². The van der Waals surface area contributed by atoms with Crippen LogP contribution in [0.3, 0.4) is 0 Å². The van der Waals surface area contributed by atoms with E-state index < -0.39 is 6.42 Å². The van der Waals surface area contributed by atoms with Crippen molar-refractivity contribution in [3.63, 3.8) is 0 Å². The van der Waals surface area contributed by atoms with E-state index in [1.54, 1.807) is 4.90 Å². The summed E-state index contributed by atoms with van der Waals surface area (Å²) in [5.41, 5.74) is 7.38. The maximum Gasteiger partial charge on any atom is 0.212 e. The van der Waals surface area contributed by atoms with E-state index in [-0.39, 0.29) is 6.10 Å². The molecule has 6 heteroatoms. The second-order valence-electron chi connectivity index (χ2n) is 7.23. The van der Waals surface area contributed by atoms with E-state index in [1.165, 1.54) is 42.6 Å². The van der Waals surface area contributed by atoms with Gasteiger partial charge in [0.05, 0.1) is 30.6 Å². The predicted octanol–water partition coefficient (Wildman–Crippen LogP) is 3.31. The summed E-state index contributed by atoms with van der Waals surface area (Å²) >= 11 is 6.30. The van der Waals surface area contributed by atoms with Crippen molar-refractivity contribution in [2.24, 2.45) is 0 Å². The third-order valence-corrected chi connectivity index (χ3v) is 8.98. The number of nitrogens with zero attached hydrogens (tertiary/aromatic N) is 1. The highest BCUT2D eigenvalue weighted by atomic mass is 32.4. The van der Waals surface area contributed by atoms with Gasteiger partial charge >= 0.3 is 0 Å². The minimum Gasteiger partial charge on any atom is -0.327 e. The van der Waals surface area contributed by atoms with Crippen molar-refractivity contribution in [1.82, 2.24) is 5.43 Å². The normalized spacial score (nSPS) is 26.8. The van der Waals surface area contributed by atoms with E-state index in [2.05, 4.69) is 54.4 Å². The number of para-hydroxylation sites is 1. The Hall–Kier alpha value is -1.13. The molecule has 2 heterocycles. The van der Waals surface area contributed by atoms with E-state index in [0.717, 1.165) is 18.5 Å². The third-order valence-electron chi connectivity index (χ3n) is 5.04. The van der Waals surface area contributed by atoms with Crippen molar-refractivity contribution in [3.05, 3.63) is 53.1 Å². The number of benzene rings is 1. The highest BCUT2D eigenvalue weighted by Gasteiger charge is 2.47. The van der Waals surface area contributed by atoms with Gasteiger partial charge in [0.2, 0.25) is 6.42 Å². The second-order valence-corrected chi connectivity index (χ2v) is 10.8. The van der Waals surface area contributed by atoms with Gasteiger partial charge in [-0.2, -0.15) is 0 Å². The van der Waals surface area contributed by atoms with E-state index >= 15 is 0 Å². The monoisotopic (exact) mass is 376 g/mol. The molecule has 4 nitrogen and oxygen atoms in total. The molecule has 0 unspecified atom stereocenters. The van der Waals surface area contributed by atoms with Crippen molar-refractivity contribution in [3.8, 4) is 0 Å². The number of quaternary nitrogens is 1. The summed E-state index contributed by atoms with van der Waals surface area (Å²) < 4.78 is 8.65. The SMILES string of the molecule is CC(C)O[P@@]1(=S)C2=C([NH+]3CCCC3)CCC=C2NN1c1ccccc1. The Morgan fingerprint density at radius 3 is 2.60 bits per heavy atom. The van der Waals surface area contributed by atoms with Gasteiger partial charge in [-0.25, -0.2) is 4.78 Å². The van der Waals surface area contributed by atoms with E-state index in [0.29, 0.717) is 0 Å². The molecule has 2 saturated heterocycles. The lowest BCUT2D eigenvalue weighted by Crippen LogP contribution is -3.08. The molecular formula is C19H27N3OPS+. The van der Waals surface area contributed by atoms with E-state index in [9.17, 15) is 0 Å². The molecule has 0 amide bonds. The molecule has 2 aliphatic heterocycles. The Kier molecular flexibility index (Phi) is 4.76. The fraction of sp³-hybridized carbons (Fsp3) is 0.474. The first kappa shape index (κ1) is 17.3. The number of hydrogen-bond acceptors (Lipinski definition) is 3. The molecule has 0 bridgehead atoms. The highest BCUT2D eigenvalue weighted by molar-refractivity contribution is 8.15. The van der Waals surface area contributed by atoms with Gasteiger partial charge in [-0.3, -0.25) is 5.43 Å². The molecule has 1 aromatic carbocycles. The van der Waals surface area contributed by atoms with Crippen LogP contribution < -0.4 is 15.1 Å². The number of hydrogen-bond donors (Lipinski definition) is 2. The maximum absolute atomic E-state index is 6.50. The molecule has 2 fully saturated rings. The highest BCUT2D eigenvalue weighted by Crippen LogP contribution is 2.67. The predicted molar refractivity (Wildman–Crippen MR) is 107 cm³/mol. The van der Waals surface area contributed by atoms with Gasteiger partial charge in [-0.05, 0) is 44.2 Å². The van der Waals surface area contributed by atoms with Crippen LogP contribution in [0.2, 0.25) is 0 Å². The fourth-order valence-corrected chi connectivity index (χ4v) is 8.31. The van der Waals surface area contributed by atoms with Crippen molar-refractivity contribution >= 4 is 23.9 Å². The lowest BCUT2D eigenvalue weighted by molar-refractivity contribution is -0.849. The van der Waals surface area contributed by atoms with Crippen LogP contribution in [0.1, 0.15) is 39.5 Å². The van der Waals surface area contributed by atoms with Gasteiger partial charge in [-0.1, -0.05) is 24.3 Å². The van der Waals surface area contributed by atoms with Crippen molar-refractivity contribution < 1.29 is 9.42 Å². The summed E-state index contributed by atoms with van der Waals surface area (Å²) in [6.45, 7) is 6.64. The van der Waals surface area contributed by atoms with Crippen LogP contribution in [0.4, 0.5) is 5.69 Å². The summed E-state index contributed by atoms with van der Waals surface area (Å²) in [6.07, 6.45) is 4.88. The molecule has 134 valence electrons. The van der Waals surface area contributed by atoms with E-state index in [4.69, 9.17) is 16.3 Å². The van der Waals surface area contributed by atoms with Gasteiger partial charge in [-0.15, -0.1) is 0 Å². The molecule has 25 heavy (non-hydrogen) atoms. The minimum absolute atomic E-state index is 0.0995. The van der Waals surface area contributed by atoms with Gasteiger partial charge in [0, 0.05) is 19.3 Å². The quantitative estimate of drug-likeness (QED) is 0.789. The van der Waals surface area contributed by atoms with Crippen LogP contribution in [-0.2, 0) is 16.3 Å². The number of anilines is 1. The minimum atomic E-state index is -2.35. The smallest absolute Gasteiger partial charge is 0.212 e. The largest absolute Gasteiger partial charge is 0.327 e. The molecule has 0 aromatic heterocycles. The topological polar surface area (TPSA) is 28.9 Å². The van der Waals surface area contributed by atoms with Crippen LogP contribution in [0.25, 0.3) is 0 Å². The average molecular weight is 376 g/mol. The van der Waals surface area contributed by atoms with Gasteiger partial charge in [0.1, 0.15) is 11.0 Å². The number of rotatable bonds is 4. The Labute approximate surface area is 155 Å². The van der Waals surface area contributed by atoms with Gasteiger partial charge < -0.3 is 9.42 Å². The van der Waals surface area contributed by atoms with Crippen LogP contribution in [-0.4, -0.2) is 19.2 Å². The molecule has 3 aliphatic rings. The second kappa shape index (κ2) is 6.88. The summed E-state index contributed by atoms with van der Waals surface area (Å²) in [6, 6.07) is 10.4. The zero-order valence-corrected chi connectivity index (χ0v) is 16.7. The number of hydrazine groups is 1. The maximum atomic E-state index is 6.50. The summed E-state index contributed by atoms with van der Waals surface area (Å²) in [4.78, 5) is 1.62. The Balaban J connectivity index is 1.84. The Bertz CT molecular complexity index is 753. The Morgan fingerprint density at radius 1 is 1.20 bits per heavy atom. The van der Waals surface area contributed by atoms with Crippen LogP contribution >= 0.6 is 6.42 Å². The molecule has 0 saturated carbocycles. The summed E-state index contributed by atoms with van der Waals surface area (Å²) in [5, 5.41) is 1.29. The summed E-state index contributed by atoms with van der Waals surface area (Å²) in [7, 11) is 0. The number of nitrogens with one attached hydrogen (secondary N) is 2. The van der Waals surface area contributed by atoms with Gasteiger partial charge in [0.25, 0.3) is 0 Å². The van der Waals surface area contributed by atoms with Crippen molar-refractivity contribution in [2.75, 3.05) is 17.9 Å². The molecule has 1 aromatic rings. The molecule has 0 radical (unpaired) electrons. The summed E-state index contributed by atoms with van der Waals surface area (Å²) in [5.74, 6) is 0. The average Bonchev–Trinajstić information content (AvgIpc) is 3.22. The lowest BCUT2D eigenvalue weighted by Gasteiger charge is -2.31. The van der Waals surface area contributed by atoms with Crippen molar-refractivity contribution in [2.45, 2.75) is 45.6 Å². The van der Waals surface area contributed by atoms with Crippen LogP contribution in [0.5, 0.6) is 0 Å². The first-order valence-corrected chi connectivity index (χ1v) is 12.0. The Morgan fingerprint density at radius 2 is 1.92 bits per heavy atom. The number of fused-ring (bicyclic) bond motifs is 1. The number of allylic oxidation sites excluding steroid dienone is 3. The molecule has 1 atom stereocenters. The van der Waals surface area contributed by atoms with Gasteiger partial charge in [0.15, 0.2) is 0 Å². The molecule has 0 spiro atoms. The van der Waals surface area contributed by atoms with Crippen LogP contribution in [0.15, 0.2) is 53.1 Å². The molecule has 4 rings (SSSR count). The molecule has 2 N–H and O–H groups in total. The third kappa shape index (κ3) is 3.08. The zero-order chi connectivity index (χ0) is 17.4.